The summed E-state index contributed by atoms with van der Waals surface area (Å²) in [7, 11) is 0. The summed E-state index contributed by atoms with van der Waals surface area (Å²) in [4.78, 5) is 25.7. The Morgan fingerprint density at radius 3 is 2.43 bits per heavy atom. The molecule has 0 saturated carbocycles. The third-order valence-electron chi connectivity index (χ3n) is 3.69. The number of hydrogen-bond donors (Lipinski definition) is 1. The molecule has 1 fully saturated rings. The summed E-state index contributed by atoms with van der Waals surface area (Å²) in [6.07, 6.45) is 1.47. The Kier molecular flexibility index (Phi) is 4.55. The lowest BCUT2D eigenvalue weighted by Crippen LogP contribution is -2.23. The van der Waals surface area contributed by atoms with Gasteiger partial charge in [-0.3, -0.25) is 9.59 Å². The van der Waals surface area contributed by atoms with E-state index in [1.807, 2.05) is 12.1 Å². The van der Waals surface area contributed by atoms with Crippen molar-refractivity contribution in [3.8, 4) is 0 Å². The molecule has 0 aliphatic carbocycles. The first kappa shape index (κ1) is 15.8. The molecule has 1 saturated heterocycles. The van der Waals surface area contributed by atoms with Crippen molar-refractivity contribution in [2.75, 3.05) is 16.8 Å². The molecule has 1 aliphatic rings. The van der Waals surface area contributed by atoms with Gasteiger partial charge in [-0.15, -0.1) is 0 Å². The van der Waals surface area contributed by atoms with Crippen LogP contribution in [-0.4, -0.2) is 18.4 Å². The average molecular weight is 349 g/mol. The summed E-state index contributed by atoms with van der Waals surface area (Å²) in [5.74, 6) is -0.175. The third-order valence-corrected chi connectivity index (χ3v) is 4.23. The van der Waals surface area contributed by atoms with Crippen LogP contribution in [0.2, 0.25) is 10.0 Å². The SMILES string of the molecule is O=C(Nc1ccc(N2CCCC2=O)cc1)c1ccc(Cl)cc1Cl. The van der Waals surface area contributed by atoms with Gasteiger partial charge in [-0.25, -0.2) is 0 Å². The van der Waals surface area contributed by atoms with Crippen LogP contribution in [0.4, 0.5) is 11.4 Å². The van der Waals surface area contributed by atoms with E-state index in [9.17, 15) is 9.59 Å². The van der Waals surface area contributed by atoms with Crippen molar-refractivity contribution < 1.29 is 9.59 Å². The predicted molar refractivity (Wildman–Crippen MR) is 92.4 cm³/mol. The number of rotatable bonds is 3. The number of nitrogens with zero attached hydrogens (tertiary/aromatic N) is 1. The second kappa shape index (κ2) is 6.60. The van der Waals surface area contributed by atoms with Gasteiger partial charge in [-0.05, 0) is 48.9 Å². The van der Waals surface area contributed by atoms with Crippen molar-refractivity contribution in [3.63, 3.8) is 0 Å². The minimum absolute atomic E-state index is 0.134. The van der Waals surface area contributed by atoms with E-state index in [4.69, 9.17) is 23.2 Å². The lowest BCUT2D eigenvalue weighted by Gasteiger charge is -2.16. The highest BCUT2D eigenvalue weighted by atomic mass is 35.5. The molecule has 2 amide bonds. The van der Waals surface area contributed by atoms with Crippen molar-refractivity contribution in [2.24, 2.45) is 0 Å². The van der Waals surface area contributed by atoms with Crippen LogP contribution in [0.3, 0.4) is 0 Å². The molecule has 0 aromatic heterocycles. The minimum atomic E-state index is -0.309. The van der Waals surface area contributed by atoms with Crippen molar-refractivity contribution in [3.05, 3.63) is 58.1 Å². The smallest absolute Gasteiger partial charge is 0.257 e. The molecule has 0 bridgehead atoms. The van der Waals surface area contributed by atoms with E-state index in [2.05, 4.69) is 5.32 Å². The Balaban J connectivity index is 1.73. The molecule has 2 aromatic rings. The van der Waals surface area contributed by atoms with Gasteiger partial charge in [0, 0.05) is 29.4 Å². The van der Waals surface area contributed by atoms with Crippen LogP contribution in [-0.2, 0) is 4.79 Å². The van der Waals surface area contributed by atoms with Gasteiger partial charge in [-0.1, -0.05) is 23.2 Å². The molecule has 0 unspecified atom stereocenters. The number of carbonyl (C=O) groups excluding carboxylic acids is 2. The summed E-state index contributed by atoms with van der Waals surface area (Å²) in [6, 6.07) is 11.9. The molecule has 118 valence electrons. The van der Waals surface area contributed by atoms with Gasteiger partial charge in [0.05, 0.1) is 10.6 Å². The quantitative estimate of drug-likeness (QED) is 0.894. The van der Waals surface area contributed by atoms with Gasteiger partial charge >= 0.3 is 0 Å². The largest absolute Gasteiger partial charge is 0.322 e. The van der Waals surface area contributed by atoms with Crippen LogP contribution in [0.5, 0.6) is 0 Å². The molecule has 23 heavy (non-hydrogen) atoms. The highest BCUT2D eigenvalue weighted by molar-refractivity contribution is 6.37. The maximum Gasteiger partial charge on any atom is 0.257 e. The summed E-state index contributed by atoms with van der Waals surface area (Å²) in [5, 5.41) is 3.56. The van der Waals surface area contributed by atoms with Crippen molar-refractivity contribution in [1.82, 2.24) is 0 Å². The number of amides is 2. The minimum Gasteiger partial charge on any atom is -0.322 e. The predicted octanol–water partition coefficient (Wildman–Crippen LogP) is 4.37. The molecular formula is C17H14Cl2N2O2. The van der Waals surface area contributed by atoms with Crippen LogP contribution in [0.25, 0.3) is 0 Å². The molecule has 1 N–H and O–H groups in total. The molecule has 1 aliphatic heterocycles. The number of nitrogens with one attached hydrogen (secondary N) is 1. The Labute approximate surface area is 144 Å². The summed E-state index contributed by atoms with van der Waals surface area (Å²) in [6.45, 7) is 0.741. The fourth-order valence-electron chi connectivity index (χ4n) is 2.52. The number of benzene rings is 2. The fraction of sp³-hybridized carbons (Fsp3) is 0.176. The summed E-state index contributed by atoms with van der Waals surface area (Å²) >= 11 is 11.9. The number of anilines is 2. The van der Waals surface area contributed by atoms with Gasteiger partial charge in [0.15, 0.2) is 0 Å². The van der Waals surface area contributed by atoms with E-state index in [0.717, 1.165) is 18.7 Å². The van der Waals surface area contributed by atoms with Crippen LogP contribution in [0, 0.1) is 0 Å². The van der Waals surface area contributed by atoms with Gasteiger partial charge in [-0.2, -0.15) is 0 Å². The second-order valence-corrected chi connectivity index (χ2v) is 6.12. The van der Waals surface area contributed by atoms with Crippen LogP contribution < -0.4 is 10.2 Å². The van der Waals surface area contributed by atoms with Crippen molar-refractivity contribution >= 4 is 46.4 Å². The molecule has 2 aromatic carbocycles. The first-order chi connectivity index (χ1) is 11.0. The van der Waals surface area contributed by atoms with Gasteiger partial charge in [0.2, 0.25) is 5.91 Å². The zero-order valence-electron chi connectivity index (χ0n) is 12.2. The Bertz CT molecular complexity index is 760. The zero-order chi connectivity index (χ0) is 16.4. The normalized spacial score (nSPS) is 14.2. The van der Waals surface area contributed by atoms with E-state index >= 15 is 0 Å². The van der Waals surface area contributed by atoms with E-state index < -0.39 is 0 Å². The van der Waals surface area contributed by atoms with Gasteiger partial charge in [0.25, 0.3) is 5.91 Å². The summed E-state index contributed by atoms with van der Waals surface area (Å²) < 4.78 is 0. The Morgan fingerprint density at radius 2 is 1.83 bits per heavy atom. The van der Waals surface area contributed by atoms with E-state index in [1.165, 1.54) is 6.07 Å². The van der Waals surface area contributed by atoms with E-state index in [1.54, 1.807) is 29.2 Å². The number of hydrogen-bond acceptors (Lipinski definition) is 2. The van der Waals surface area contributed by atoms with Crippen molar-refractivity contribution in [1.29, 1.82) is 0 Å². The highest BCUT2D eigenvalue weighted by Crippen LogP contribution is 2.25. The van der Waals surface area contributed by atoms with Crippen LogP contribution in [0.15, 0.2) is 42.5 Å². The maximum absolute atomic E-state index is 12.2. The van der Waals surface area contributed by atoms with Crippen LogP contribution >= 0.6 is 23.2 Å². The first-order valence-electron chi connectivity index (χ1n) is 7.21. The molecule has 0 spiro atoms. The number of carbonyl (C=O) groups is 2. The fourth-order valence-corrected chi connectivity index (χ4v) is 3.01. The molecule has 0 radical (unpaired) electrons. The van der Waals surface area contributed by atoms with Crippen LogP contribution in [0.1, 0.15) is 23.2 Å². The Morgan fingerprint density at radius 1 is 1.09 bits per heavy atom. The lowest BCUT2D eigenvalue weighted by molar-refractivity contribution is -0.117. The zero-order valence-corrected chi connectivity index (χ0v) is 13.7. The second-order valence-electron chi connectivity index (χ2n) is 5.27. The third kappa shape index (κ3) is 3.49. The summed E-state index contributed by atoms with van der Waals surface area (Å²) in [5.41, 5.74) is 1.83. The van der Waals surface area contributed by atoms with Gasteiger partial charge in [0.1, 0.15) is 0 Å². The lowest BCUT2D eigenvalue weighted by atomic mass is 10.2. The number of halogens is 2. The molecule has 4 nitrogen and oxygen atoms in total. The highest BCUT2D eigenvalue weighted by Gasteiger charge is 2.21. The molecule has 1 heterocycles. The first-order valence-corrected chi connectivity index (χ1v) is 7.97. The van der Waals surface area contributed by atoms with E-state index in [0.29, 0.717) is 27.7 Å². The molecular weight excluding hydrogens is 335 g/mol. The van der Waals surface area contributed by atoms with Crippen molar-refractivity contribution in [2.45, 2.75) is 12.8 Å². The maximum atomic E-state index is 12.2. The topological polar surface area (TPSA) is 49.4 Å². The molecule has 0 atom stereocenters. The monoisotopic (exact) mass is 348 g/mol. The molecule has 3 rings (SSSR count). The average Bonchev–Trinajstić information content (AvgIpc) is 2.94. The standard InChI is InChI=1S/C17H14Cl2N2O2/c18-11-3-8-14(15(19)10-11)17(23)20-12-4-6-13(7-5-12)21-9-1-2-16(21)22/h3-8,10H,1-2,9H2,(H,20,23). The van der Waals surface area contributed by atoms with Gasteiger partial charge < -0.3 is 10.2 Å². The Hall–Kier alpha value is -2.04. The van der Waals surface area contributed by atoms with E-state index in [-0.39, 0.29) is 11.8 Å². The molecule has 6 heteroatoms.